The van der Waals surface area contributed by atoms with Crippen LogP contribution in [0.25, 0.3) is 0 Å². The highest BCUT2D eigenvalue weighted by Gasteiger charge is 2.60. The van der Waals surface area contributed by atoms with Gasteiger partial charge in [-0.25, -0.2) is 0 Å². The maximum absolute atomic E-state index is 6.54. The molecule has 8 heteroatoms. The van der Waals surface area contributed by atoms with Crippen LogP contribution in [0.1, 0.15) is 44.9 Å². The molecule has 0 radical (unpaired) electrons. The number of hydrogen-bond acceptors (Lipinski definition) is 4. The fourth-order valence-electron chi connectivity index (χ4n) is 4.38. The molecule has 4 nitrogen and oxygen atoms in total. The van der Waals surface area contributed by atoms with Gasteiger partial charge in [0.2, 0.25) is 0 Å². The molecular weight excluding hydrogens is 320 g/mol. The molecule has 1 saturated carbocycles. The number of ether oxygens (including phenoxy) is 1. The fourth-order valence-corrected chi connectivity index (χ4v) is 20.7. The monoisotopic (exact) mass is 348 g/mol. The molecule has 0 N–H and O–H groups in total. The summed E-state index contributed by atoms with van der Waals surface area (Å²) in [5.41, 5.74) is 0.909. The van der Waals surface area contributed by atoms with E-state index in [9.17, 15) is 0 Å². The van der Waals surface area contributed by atoms with E-state index in [-0.39, 0.29) is 4.85 Å². The van der Waals surface area contributed by atoms with E-state index in [1.54, 1.807) is 0 Å². The predicted molar refractivity (Wildman–Crippen MR) is 89.7 cm³/mol. The van der Waals surface area contributed by atoms with Gasteiger partial charge in [-0.05, 0) is 24.8 Å². The Labute approximate surface area is 129 Å². The molecule has 1 aliphatic carbocycles. The van der Waals surface area contributed by atoms with E-state index in [2.05, 4.69) is 13.1 Å². The topological polar surface area (TPSA) is 36.9 Å². The molecule has 3 rings (SSSR count). The zero-order chi connectivity index (χ0) is 14.1. The van der Waals surface area contributed by atoms with Gasteiger partial charge in [-0.3, -0.25) is 0 Å². The lowest BCUT2D eigenvalue weighted by molar-refractivity contribution is 0.00494. The first-order valence-corrected chi connectivity index (χ1v) is 15.0. The van der Waals surface area contributed by atoms with E-state index in [1.165, 1.54) is 44.9 Å². The largest absolute Gasteiger partial charge is 0.425 e. The lowest BCUT2D eigenvalue weighted by Gasteiger charge is -2.53. The van der Waals surface area contributed by atoms with Crippen molar-refractivity contribution in [1.82, 2.24) is 0 Å². The summed E-state index contributed by atoms with van der Waals surface area (Å²) in [6.07, 6.45) is 9.36. The Kier molecular flexibility index (Phi) is 5.03. The molecule has 1 atom stereocenters. The second-order valence-electron chi connectivity index (χ2n) is 7.00. The molecule has 3 fully saturated rings. The third-order valence-corrected chi connectivity index (χ3v) is 19.9. The zero-order valence-electron chi connectivity index (χ0n) is 12.9. The van der Waals surface area contributed by atoms with Crippen LogP contribution in [0.4, 0.5) is 0 Å². The molecule has 20 heavy (non-hydrogen) atoms. The zero-order valence-corrected chi connectivity index (χ0v) is 17.8. The van der Waals surface area contributed by atoms with E-state index >= 15 is 0 Å². The Morgan fingerprint density at radius 3 is 2.35 bits per heavy atom. The maximum Gasteiger partial charge on any atom is 0.332 e. The van der Waals surface area contributed by atoms with Crippen molar-refractivity contribution in [2.45, 2.75) is 68.4 Å². The fraction of sp³-hybridized carbons (Fsp3) is 1.00. The van der Waals surface area contributed by atoms with Gasteiger partial charge in [0.15, 0.2) is 0 Å². The molecule has 2 aliphatic heterocycles. The van der Waals surface area contributed by atoms with Crippen molar-refractivity contribution < 1.29 is 17.1 Å². The van der Waals surface area contributed by atoms with Gasteiger partial charge in [0.05, 0.1) is 12.9 Å². The van der Waals surface area contributed by atoms with E-state index in [0.29, 0.717) is 0 Å². The minimum atomic E-state index is -1.69. The van der Waals surface area contributed by atoms with Gasteiger partial charge in [0.1, 0.15) is 0 Å². The van der Waals surface area contributed by atoms with E-state index in [1.807, 2.05) is 0 Å². The molecule has 0 aromatic heterocycles. The van der Waals surface area contributed by atoms with E-state index < -0.39 is 37.4 Å². The molecule has 0 spiro atoms. The normalized spacial score (nSPS) is 39.6. The predicted octanol–water partition coefficient (Wildman–Crippen LogP) is 0.938. The Morgan fingerprint density at radius 1 is 1.05 bits per heavy atom. The molecule has 3 aliphatic rings. The highest BCUT2D eigenvalue weighted by molar-refractivity contribution is 6.92. The average Bonchev–Trinajstić information content (AvgIpc) is 3.04. The van der Waals surface area contributed by atoms with Crippen LogP contribution in [0.2, 0.25) is 18.6 Å². The summed E-state index contributed by atoms with van der Waals surface area (Å²) in [6, 6.07) is 0. The van der Waals surface area contributed by atoms with Gasteiger partial charge in [0, 0.05) is 6.61 Å². The standard InChI is InChI=1S/C12H28O4Si4/c1-20(2,11-7-3-4-8-11)12(9-5-6-10-13-12)19-15-17-14-18-16-19/h11,19H,3-10,17-18H2,1-2H3. The second kappa shape index (κ2) is 6.45. The van der Waals surface area contributed by atoms with Crippen LogP contribution < -0.4 is 0 Å². The smallest absolute Gasteiger partial charge is 0.332 e. The van der Waals surface area contributed by atoms with Crippen molar-refractivity contribution in [3.8, 4) is 0 Å². The maximum atomic E-state index is 6.54. The van der Waals surface area contributed by atoms with Crippen LogP contribution >= 0.6 is 0 Å². The first-order valence-electron chi connectivity index (χ1n) is 8.12. The molecule has 2 saturated heterocycles. The van der Waals surface area contributed by atoms with Crippen LogP contribution in [0.15, 0.2) is 0 Å². The van der Waals surface area contributed by atoms with Crippen molar-refractivity contribution in [1.29, 1.82) is 0 Å². The van der Waals surface area contributed by atoms with Gasteiger partial charge >= 0.3 is 9.28 Å². The highest BCUT2D eigenvalue weighted by Crippen LogP contribution is 2.48. The Bertz CT molecular complexity index is 323. The van der Waals surface area contributed by atoms with Crippen LogP contribution in [-0.4, -0.2) is 48.8 Å². The van der Waals surface area contributed by atoms with Gasteiger partial charge < -0.3 is 17.1 Å². The highest BCUT2D eigenvalue weighted by atomic mass is 28.5. The van der Waals surface area contributed by atoms with Crippen LogP contribution in [0.3, 0.4) is 0 Å². The first kappa shape index (κ1) is 15.6. The summed E-state index contributed by atoms with van der Waals surface area (Å²) in [5, 5.41) is 0. The molecule has 0 bridgehead atoms. The number of hydrogen-bond donors (Lipinski definition) is 0. The molecule has 2 heterocycles. The van der Waals surface area contributed by atoms with Crippen molar-refractivity contribution in [2.24, 2.45) is 0 Å². The van der Waals surface area contributed by atoms with Crippen LogP contribution in [-0.2, 0) is 17.1 Å². The first-order chi connectivity index (χ1) is 9.67. The average molecular weight is 349 g/mol. The summed E-state index contributed by atoms with van der Waals surface area (Å²) >= 11 is 0. The van der Waals surface area contributed by atoms with E-state index in [0.717, 1.165) is 12.1 Å². The summed E-state index contributed by atoms with van der Waals surface area (Å²) in [4.78, 5) is 0.0318. The third-order valence-electron chi connectivity index (χ3n) is 5.75. The molecule has 1 unspecified atom stereocenters. The van der Waals surface area contributed by atoms with Gasteiger partial charge in [-0.1, -0.05) is 38.8 Å². The van der Waals surface area contributed by atoms with Gasteiger partial charge in [-0.15, -0.1) is 0 Å². The molecule has 116 valence electrons. The Hall–Kier alpha value is 0.708. The second-order valence-corrected chi connectivity index (χ2v) is 19.1. The van der Waals surface area contributed by atoms with Crippen molar-refractivity contribution in [3.63, 3.8) is 0 Å². The number of rotatable bonds is 3. The summed E-state index contributed by atoms with van der Waals surface area (Å²) < 4.78 is 24.3. The third kappa shape index (κ3) is 2.69. The van der Waals surface area contributed by atoms with Gasteiger partial charge in [-0.2, -0.15) is 0 Å². The Morgan fingerprint density at radius 2 is 1.75 bits per heavy atom. The molecule has 0 aromatic rings. The summed E-state index contributed by atoms with van der Waals surface area (Å²) in [5.74, 6) is 0. The lowest BCUT2D eigenvalue weighted by atomic mass is 10.2. The summed E-state index contributed by atoms with van der Waals surface area (Å²) in [7, 11) is -4.73. The minimum absolute atomic E-state index is 0.0318. The lowest BCUT2D eigenvalue weighted by Crippen LogP contribution is -2.71. The SMILES string of the molecule is C[Si](C)(C1CCCC1)C1([SiH]2O[SiH2]O[SiH2]O2)CCCCO1. The molecule has 0 amide bonds. The van der Waals surface area contributed by atoms with Crippen molar-refractivity contribution in [2.75, 3.05) is 6.61 Å². The van der Waals surface area contributed by atoms with Gasteiger partial charge in [0.25, 0.3) is 20.0 Å². The van der Waals surface area contributed by atoms with Crippen LogP contribution in [0.5, 0.6) is 0 Å². The van der Waals surface area contributed by atoms with Crippen LogP contribution in [0, 0.1) is 0 Å². The molecule has 0 aromatic carbocycles. The summed E-state index contributed by atoms with van der Waals surface area (Å²) in [6.45, 7) is 6.04. The Balaban J connectivity index is 1.87. The molecular formula is C12H28O4Si4. The quantitative estimate of drug-likeness (QED) is 0.711. The minimum Gasteiger partial charge on any atom is -0.425 e. The van der Waals surface area contributed by atoms with Crippen molar-refractivity contribution in [3.05, 3.63) is 0 Å². The van der Waals surface area contributed by atoms with E-state index in [4.69, 9.17) is 17.1 Å². The van der Waals surface area contributed by atoms with Crippen molar-refractivity contribution >= 4 is 37.4 Å².